The number of hydrogen-bond acceptors (Lipinski definition) is 3. The van der Waals surface area contributed by atoms with Crippen LogP contribution in [0.1, 0.15) is 16.7 Å². The first kappa shape index (κ1) is 15.6. The predicted octanol–water partition coefficient (Wildman–Crippen LogP) is 2.89. The third kappa shape index (κ3) is 3.63. The Morgan fingerprint density at radius 1 is 0.818 bits per heavy atom. The van der Waals surface area contributed by atoms with Gasteiger partial charge in [-0.25, -0.2) is 0 Å². The molecule has 22 heavy (non-hydrogen) atoms. The zero-order chi connectivity index (χ0) is 16.3. The fraction of sp³-hybridized carbons (Fsp3) is 0.176. The lowest BCUT2D eigenvalue weighted by atomic mass is 10.1. The van der Waals surface area contributed by atoms with Gasteiger partial charge in [-0.2, -0.15) is 0 Å². The summed E-state index contributed by atoms with van der Waals surface area (Å²) in [6.07, 6.45) is 0. The summed E-state index contributed by atoms with van der Waals surface area (Å²) in [6.45, 7) is 5.56. The third-order valence-electron chi connectivity index (χ3n) is 3.29. The number of aromatic hydroxyl groups is 1. The Hall–Kier alpha value is -2.82. The van der Waals surface area contributed by atoms with Crippen LogP contribution in [0.4, 0.5) is 11.4 Å². The quantitative estimate of drug-likeness (QED) is 0.589. The minimum atomic E-state index is -0.756. The van der Waals surface area contributed by atoms with Crippen molar-refractivity contribution in [2.75, 3.05) is 10.6 Å². The van der Waals surface area contributed by atoms with Crippen LogP contribution in [-0.4, -0.2) is 16.9 Å². The van der Waals surface area contributed by atoms with Gasteiger partial charge in [0.25, 0.3) is 0 Å². The summed E-state index contributed by atoms with van der Waals surface area (Å²) >= 11 is 0. The number of nitrogens with one attached hydrogen (secondary N) is 2. The molecule has 2 aromatic rings. The van der Waals surface area contributed by atoms with Gasteiger partial charge in [0.2, 0.25) is 0 Å². The first-order chi connectivity index (χ1) is 10.4. The Morgan fingerprint density at radius 2 is 1.32 bits per heavy atom. The van der Waals surface area contributed by atoms with Gasteiger partial charge < -0.3 is 15.7 Å². The average Bonchev–Trinajstić information content (AvgIpc) is 2.44. The lowest BCUT2D eigenvalue weighted by Crippen LogP contribution is -2.29. The molecule has 0 bridgehead atoms. The number of rotatable bonds is 2. The average molecular weight is 298 g/mol. The fourth-order valence-electron chi connectivity index (χ4n) is 2.10. The second-order valence-electron chi connectivity index (χ2n) is 5.23. The molecule has 2 aromatic carbocycles. The number of phenols is 1. The summed E-state index contributed by atoms with van der Waals surface area (Å²) in [6, 6.07) is 10.1. The van der Waals surface area contributed by atoms with Crippen molar-refractivity contribution in [1.82, 2.24) is 0 Å². The number of hydrogen-bond donors (Lipinski definition) is 3. The first-order valence-corrected chi connectivity index (χ1v) is 6.86. The van der Waals surface area contributed by atoms with Crippen molar-refractivity contribution in [1.29, 1.82) is 0 Å². The zero-order valence-electron chi connectivity index (χ0n) is 12.7. The van der Waals surface area contributed by atoms with E-state index in [2.05, 4.69) is 10.6 Å². The van der Waals surface area contributed by atoms with Gasteiger partial charge in [-0.1, -0.05) is 17.7 Å². The fourth-order valence-corrected chi connectivity index (χ4v) is 2.10. The summed E-state index contributed by atoms with van der Waals surface area (Å²) in [5, 5.41) is 14.5. The Morgan fingerprint density at radius 3 is 1.82 bits per heavy atom. The van der Waals surface area contributed by atoms with E-state index in [-0.39, 0.29) is 5.75 Å². The molecule has 2 rings (SSSR count). The molecule has 0 spiro atoms. The van der Waals surface area contributed by atoms with Gasteiger partial charge in [0.15, 0.2) is 0 Å². The van der Waals surface area contributed by atoms with Crippen molar-refractivity contribution >= 4 is 23.2 Å². The van der Waals surface area contributed by atoms with Crippen LogP contribution in [0, 0.1) is 20.8 Å². The topological polar surface area (TPSA) is 78.4 Å². The number of carbonyl (C=O) groups is 2. The highest BCUT2D eigenvalue weighted by atomic mass is 16.3. The van der Waals surface area contributed by atoms with Crippen LogP contribution in [0.3, 0.4) is 0 Å². The van der Waals surface area contributed by atoms with E-state index in [1.54, 1.807) is 19.1 Å². The van der Waals surface area contributed by atoms with Crippen molar-refractivity contribution < 1.29 is 14.7 Å². The van der Waals surface area contributed by atoms with E-state index in [0.717, 1.165) is 11.1 Å². The van der Waals surface area contributed by atoms with Crippen molar-refractivity contribution in [3.05, 3.63) is 53.1 Å². The van der Waals surface area contributed by atoms with Crippen LogP contribution in [0.15, 0.2) is 36.4 Å². The molecule has 0 aliphatic heterocycles. The van der Waals surface area contributed by atoms with Gasteiger partial charge in [0, 0.05) is 11.4 Å². The number of anilines is 2. The number of benzene rings is 2. The molecule has 5 heteroatoms. The van der Waals surface area contributed by atoms with E-state index in [1.165, 1.54) is 12.1 Å². The first-order valence-electron chi connectivity index (χ1n) is 6.86. The number of phenolic OH excluding ortho intramolecular Hbond substituents is 1. The van der Waals surface area contributed by atoms with Crippen LogP contribution in [0.2, 0.25) is 0 Å². The van der Waals surface area contributed by atoms with E-state index < -0.39 is 11.8 Å². The van der Waals surface area contributed by atoms with E-state index in [4.69, 9.17) is 0 Å². The maximum absolute atomic E-state index is 12.0. The molecule has 0 saturated heterocycles. The van der Waals surface area contributed by atoms with Gasteiger partial charge in [0.1, 0.15) is 5.75 Å². The summed E-state index contributed by atoms with van der Waals surface area (Å²) in [5.41, 5.74) is 3.74. The molecule has 5 nitrogen and oxygen atoms in total. The SMILES string of the molecule is Cc1ccc(NC(=O)C(=O)Nc2ccc(O)cc2C)c(C)c1. The predicted molar refractivity (Wildman–Crippen MR) is 86.0 cm³/mol. The zero-order valence-corrected chi connectivity index (χ0v) is 12.7. The second kappa shape index (κ2) is 6.30. The summed E-state index contributed by atoms with van der Waals surface area (Å²) in [7, 11) is 0. The molecule has 0 aromatic heterocycles. The Bertz CT molecular complexity index is 675. The Kier molecular flexibility index (Phi) is 4.46. The monoisotopic (exact) mass is 298 g/mol. The normalized spacial score (nSPS) is 10.1. The lowest BCUT2D eigenvalue weighted by Gasteiger charge is -2.11. The number of carbonyl (C=O) groups excluding carboxylic acids is 2. The molecule has 0 radical (unpaired) electrons. The van der Waals surface area contributed by atoms with E-state index >= 15 is 0 Å². The van der Waals surface area contributed by atoms with Crippen LogP contribution >= 0.6 is 0 Å². The highest BCUT2D eigenvalue weighted by Gasteiger charge is 2.15. The van der Waals surface area contributed by atoms with Crippen LogP contribution in [-0.2, 0) is 9.59 Å². The molecule has 114 valence electrons. The maximum Gasteiger partial charge on any atom is 0.314 e. The molecule has 2 amide bonds. The Labute approximate surface area is 129 Å². The van der Waals surface area contributed by atoms with Crippen LogP contribution < -0.4 is 10.6 Å². The molecule has 0 aliphatic carbocycles. The minimum Gasteiger partial charge on any atom is -0.508 e. The highest BCUT2D eigenvalue weighted by molar-refractivity contribution is 6.43. The molecule has 0 aliphatic rings. The van der Waals surface area contributed by atoms with E-state index in [1.807, 2.05) is 26.0 Å². The summed E-state index contributed by atoms with van der Waals surface area (Å²) in [4.78, 5) is 23.9. The van der Waals surface area contributed by atoms with E-state index in [0.29, 0.717) is 16.9 Å². The van der Waals surface area contributed by atoms with Crippen molar-refractivity contribution in [2.45, 2.75) is 20.8 Å². The molecule has 0 saturated carbocycles. The number of amides is 2. The van der Waals surface area contributed by atoms with Gasteiger partial charge in [-0.15, -0.1) is 0 Å². The molecule has 0 fully saturated rings. The largest absolute Gasteiger partial charge is 0.508 e. The van der Waals surface area contributed by atoms with Crippen molar-refractivity contribution in [3.8, 4) is 5.75 Å². The van der Waals surface area contributed by atoms with Crippen LogP contribution in [0.25, 0.3) is 0 Å². The summed E-state index contributed by atoms with van der Waals surface area (Å²) < 4.78 is 0. The molecule has 3 N–H and O–H groups in total. The standard InChI is InChI=1S/C17H18N2O3/c1-10-4-6-14(11(2)8-10)18-16(21)17(22)19-15-7-5-13(20)9-12(15)3/h4-9,20H,1-3H3,(H,18,21)(H,19,22). The van der Waals surface area contributed by atoms with Crippen LogP contribution in [0.5, 0.6) is 5.75 Å². The Balaban J connectivity index is 2.07. The highest BCUT2D eigenvalue weighted by Crippen LogP contribution is 2.20. The molecule has 0 heterocycles. The van der Waals surface area contributed by atoms with Crippen molar-refractivity contribution in [2.24, 2.45) is 0 Å². The second-order valence-corrected chi connectivity index (χ2v) is 5.23. The lowest BCUT2D eigenvalue weighted by molar-refractivity contribution is -0.133. The van der Waals surface area contributed by atoms with Crippen molar-refractivity contribution in [3.63, 3.8) is 0 Å². The molecule has 0 atom stereocenters. The molecular weight excluding hydrogens is 280 g/mol. The number of aryl methyl sites for hydroxylation is 3. The molecule has 0 unspecified atom stereocenters. The van der Waals surface area contributed by atoms with Gasteiger partial charge >= 0.3 is 11.8 Å². The molecular formula is C17H18N2O3. The smallest absolute Gasteiger partial charge is 0.314 e. The maximum atomic E-state index is 12.0. The summed E-state index contributed by atoms with van der Waals surface area (Å²) in [5.74, 6) is -1.39. The van der Waals surface area contributed by atoms with E-state index in [9.17, 15) is 14.7 Å². The third-order valence-corrected chi connectivity index (χ3v) is 3.29. The van der Waals surface area contributed by atoms with Gasteiger partial charge in [-0.05, 0) is 56.2 Å². The minimum absolute atomic E-state index is 0.107. The van der Waals surface area contributed by atoms with Gasteiger partial charge in [-0.3, -0.25) is 9.59 Å². The van der Waals surface area contributed by atoms with Gasteiger partial charge in [0.05, 0.1) is 0 Å².